The molecule has 0 spiro atoms. The molecular formula is C27H57O3Si4. The van der Waals surface area contributed by atoms with E-state index in [0.29, 0.717) is 0 Å². The lowest BCUT2D eigenvalue weighted by atomic mass is 10.2. The number of rotatable bonds is 8. The number of ether oxygens (including phenoxy) is 3. The molecule has 3 nitrogen and oxygen atoms in total. The topological polar surface area (TPSA) is 27.7 Å². The van der Waals surface area contributed by atoms with Gasteiger partial charge in [-0.1, -0.05) is 78.3 Å². The summed E-state index contributed by atoms with van der Waals surface area (Å²) in [6.45, 7) is 31.1. The van der Waals surface area contributed by atoms with Crippen LogP contribution in [0.5, 0.6) is 0 Å². The van der Waals surface area contributed by atoms with Gasteiger partial charge in [0.25, 0.3) is 0 Å². The minimum absolute atomic E-state index is 0.00875. The van der Waals surface area contributed by atoms with E-state index in [2.05, 4.69) is 65.8 Å². The first-order valence-corrected chi connectivity index (χ1v) is 27.1. The molecule has 0 aliphatic carbocycles. The lowest BCUT2D eigenvalue weighted by Gasteiger charge is -2.74. The van der Waals surface area contributed by atoms with Crippen LogP contribution in [0.15, 0.2) is 0 Å². The molecule has 3 rings (SSSR count). The first-order valence-electron chi connectivity index (χ1n) is 14.4. The average molecular weight is 542 g/mol. The Morgan fingerprint density at radius 2 is 0.824 bits per heavy atom. The van der Waals surface area contributed by atoms with E-state index in [0.717, 1.165) is 26.2 Å². The molecule has 0 bridgehead atoms. The van der Waals surface area contributed by atoms with Gasteiger partial charge >= 0.3 is 0 Å². The number of hydrogen-bond acceptors (Lipinski definition) is 3. The van der Waals surface area contributed by atoms with Crippen LogP contribution in [0.3, 0.4) is 0 Å². The molecule has 3 aliphatic rings. The highest BCUT2D eigenvalue weighted by atomic mass is 28.4. The van der Waals surface area contributed by atoms with Crippen LogP contribution in [0.1, 0.15) is 64.2 Å². The van der Waals surface area contributed by atoms with E-state index in [9.17, 15) is 0 Å². The highest BCUT2D eigenvalue weighted by molar-refractivity contribution is 7.15. The zero-order valence-corrected chi connectivity index (χ0v) is 28.3. The second-order valence-corrected chi connectivity index (χ2v) is 36.8. The van der Waals surface area contributed by atoms with Crippen LogP contribution < -0.4 is 0 Å². The molecule has 3 aliphatic heterocycles. The van der Waals surface area contributed by atoms with Crippen molar-refractivity contribution in [3.63, 3.8) is 0 Å². The zero-order chi connectivity index (χ0) is 25.5. The smallest absolute Gasteiger partial charge is 0.151 e. The van der Waals surface area contributed by atoms with Crippen molar-refractivity contribution in [2.45, 2.75) is 144 Å². The van der Waals surface area contributed by atoms with Gasteiger partial charge in [-0.2, -0.15) is 0 Å². The van der Waals surface area contributed by atoms with Gasteiger partial charge in [-0.25, -0.2) is 0 Å². The van der Waals surface area contributed by atoms with Crippen LogP contribution in [0.4, 0.5) is 0 Å². The Balaban J connectivity index is 2.54. The minimum Gasteiger partial charge on any atom is -0.382 e. The van der Waals surface area contributed by atoms with E-state index in [1.54, 1.807) is 0 Å². The number of hydrogen-bond donors (Lipinski definition) is 0. The third kappa shape index (κ3) is 4.19. The Bertz CT molecular complexity index is 583. The van der Waals surface area contributed by atoms with Gasteiger partial charge in [-0.3, -0.25) is 0 Å². The average Bonchev–Trinajstić information content (AvgIpc) is 2.76. The molecular weight excluding hydrogens is 485 g/mol. The fourth-order valence-corrected chi connectivity index (χ4v) is 41.1. The molecule has 3 fully saturated rings. The Morgan fingerprint density at radius 3 is 1.00 bits per heavy atom. The van der Waals surface area contributed by atoms with Crippen molar-refractivity contribution in [2.75, 3.05) is 19.8 Å². The van der Waals surface area contributed by atoms with Gasteiger partial charge in [-0.15, -0.1) is 0 Å². The van der Waals surface area contributed by atoms with Gasteiger partial charge in [0, 0.05) is 19.8 Å². The molecule has 34 heavy (non-hydrogen) atoms. The quantitative estimate of drug-likeness (QED) is 0.294. The van der Waals surface area contributed by atoms with Crippen LogP contribution in [-0.4, -0.2) is 66.7 Å². The normalized spacial score (nSPS) is 36.2. The van der Waals surface area contributed by atoms with E-state index in [1.807, 2.05) is 0 Å². The summed E-state index contributed by atoms with van der Waals surface area (Å²) in [5.74, 6) is 0. The lowest BCUT2D eigenvalue weighted by Crippen LogP contribution is -2.95. The van der Waals surface area contributed by atoms with E-state index in [-0.39, 0.29) is 14.5 Å². The van der Waals surface area contributed by atoms with Crippen LogP contribution in [0.2, 0.25) is 65.0 Å². The van der Waals surface area contributed by atoms with E-state index in [1.165, 1.54) is 63.8 Å². The van der Waals surface area contributed by atoms with Gasteiger partial charge in [-0.05, 0) is 57.8 Å². The van der Waals surface area contributed by atoms with Gasteiger partial charge in [0.05, 0.1) is 38.8 Å². The van der Waals surface area contributed by atoms with Crippen molar-refractivity contribution in [1.29, 1.82) is 0 Å². The molecule has 7 heteroatoms. The molecule has 0 saturated carbocycles. The summed E-state index contributed by atoms with van der Waals surface area (Å²) >= 11 is 0. The van der Waals surface area contributed by atoms with Crippen molar-refractivity contribution in [3.8, 4) is 0 Å². The highest BCUT2D eigenvalue weighted by Crippen LogP contribution is 2.62. The van der Waals surface area contributed by atoms with Gasteiger partial charge in [0.1, 0.15) is 0 Å². The summed E-state index contributed by atoms with van der Waals surface area (Å²) in [6.07, 6.45) is 12.3. The monoisotopic (exact) mass is 541 g/mol. The Morgan fingerprint density at radius 1 is 0.529 bits per heavy atom. The maximum Gasteiger partial charge on any atom is 0.151 e. The molecule has 3 heterocycles. The third-order valence-corrected chi connectivity index (χ3v) is 35.5. The molecule has 0 aromatic heterocycles. The van der Waals surface area contributed by atoms with Gasteiger partial charge in [0.2, 0.25) is 0 Å². The molecule has 0 amide bonds. The standard InChI is InChI=1S/C27H57O3Si4/c1-11-24-34(25(31(2,3)4)18-12-15-21-28-25,26(32(5,6)7)19-13-16-22-29-26)27(33(8,9)10)20-14-17-23-30-27/h1,11-24H2,2-10H3. The minimum atomic E-state index is -2.49. The first-order chi connectivity index (χ1) is 15.7. The molecule has 1 radical (unpaired) electrons. The predicted molar refractivity (Wildman–Crippen MR) is 158 cm³/mol. The molecule has 3 atom stereocenters. The van der Waals surface area contributed by atoms with Crippen molar-refractivity contribution >= 4 is 32.3 Å². The van der Waals surface area contributed by atoms with Crippen molar-refractivity contribution in [1.82, 2.24) is 0 Å². The largest absolute Gasteiger partial charge is 0.382 e. The Hall–Kier alpha value is 0.748. The molecule has 3 saturated heterocycles. The molecule has 0 aromatic carbocycles. The van der Waals surface area contributed by atoms with Crippen molar-refractivity contribution in [2.24, 2.45) is 0 Å². The summed E-state index contributed by atoms with van der Waals surface area (Å²) in [7, 11) is -7.90. The van der Waals surface area contributed by atoms with E-state index >= 15 is 0 Å². The summed E-state index contributed by atoms with van der Waals surface area (Å²) < 4.78 is 22.4. The van der Waals surface area contributed by atoms with E-state index < -0.39 is 32.3 Å². The summed E-state index contributed by atoms with van der Waals surface area (Å²) in [5.41, 5.74) is 0. The van der Waals surface area contributed by atoms with Crippen LogP contribution in [0.25, 0.3) is 0 Å². The first kappa shape index (κ1) is 29.3. The maximum atomic E-state index is 7.48. The highest BCUT2D eigenvalue weighted by Gasteiger charge is 2.81. The van der Waals surface area contributed by atoms with Gasteiger partial charge in [0.15, 0.2) is 8.07 Å². The second-order valence-electron chi connectivity index (χ2n) is 14.7. The maximum absolute atomic E-state index is 7.48. The third-order valence-electron chi connectivity index (χ3n) is 10.1. The molecule has 0 N–H and O–H groups in total. The fourth-order valence-electron chi connectivity index (χ4n) is 8.94. The second kappa shape index (κ2) is 10.1. The predicted octanol–water partition coefficient (Wildman–Crippen LogP) is 7.73. The molecule has 0 aromatic rings. The summed E-state index contributed by atoms with van der Waals surface area (Å²) in [5, 5.41) is 0. The molecule has 3 unspecified atom stereocenters. The van der Waals surface area contributed by atoms with Crippen LogP contribution >= 0.6 is 0 Å². The lowest BCUT2D eigenvalue weighted by molar-refractivity contribution is -0.0484. The van der Waals surface area contributed by atoms with Crippen molar-refractivity contribution in [3.05, 3.63) is 6.92 Å². The molecule has 199 valence electrons. The summed E-state index contributed by atoms with van der Waals surface area (Å²) in [4.78, 5) is -0.0263. The SMILES string of the molecule is [CH2]CC[Si](C1([Si](C)(C)C)CCCCO1)(C1([Si](C)(C)C)CCCCO1)C1([Si](C)(C)C)CCCCO1. The Kier molecular flexibility index (Phi) is 8.74. The van der Waals surface area contributed by atoms with E-state index in [4.69, 9.17) is 14.2 Å². The zero-order valence-electron chi connectivity index (χ0n) is 24.3. The van der Waals surface area contributed by atoms with Crippen LogP contribution in [-0.2, 0) is 14.2 Å². The van der Waals surface area contributed by atoms with Crippen molar-refractivity contribution < 1.29 is 14.2 Å². The summed E-state index contributed by atoms with van der Waals surface area (Å²) in [6, 6.07) is 1.21. The van der Waals surface area contributed by atoms with Gasteiger partial charge < -0.3 is 14.2 Å². The van der Waals surface area contributed by atoms with Crippen LogP contribution in [0, 0.1) is 6.92 Å². The fraction of sp³-hybridized carbons (Fsp3) is 0.963. The Labute approximate surface area is 216 Å².